The maximum Gasteiger partial charge on any atom is 0.234 e. The van der Waals surface area contributed by atoms with Gasteiger partial charge in [0.15, 0.2) is 0 Å². The van der Waals surface area contributed by atoms with Crippen LogP contribution >= 0.6 is 11.8 Å². The van der Waals surface area contributed by atoms with Crippen LogP contribution in [0.5, 0.6) is 0 Å². The second-order valence-corrected chi connectivity index (χ2v) is 7.77. The first-order valence-corrected chi connectivity index (χ1v) is 9.35. The second kappa shape index (κ2) is 10.4. The predicted octanol–water partition coefficient (Wildman–Crippen LogP) is 2.54. The van der Waals surface area contributed by atoms with Crippen LogP contribution in [0.25, 0.3) is 0 Å². The highest BCUT2D eigenvalue weighted by molar-refractivity contribution is 8.01. The van der Waals surface area contributed by atoms with Gasteiger partial charge in [0, 0.05) is 18.3 Å². The maximum absolute atomic E-state index is 12.2. The summed E-state index contributed by atoms with van der Waals surface area (Å²) in [5.41, 5.74) is 7.61. The summed E-state index contributed by atoms with van der Waals surface area (Å²) < 4.78 is 0. The maximum atomic E-state index is 12.2. The van der Waals surface area contributed by atoms with Gasteiger partial charge in [-0.1, -0.05) is 31.5 Å². The molecule has 4 N–H and O–H groups in total. The lowest BCUT2D eigenvalue weighted by Crippen LogP contribution is -2.44. The van der Waals surface area contributed by atoms with Gasteiger partial charge in [0.25, 0.3) is 0 Å². The number of hydrogen-bond acceptors (Lipinski definition) is 4. The number of aryl methyl sites for hydroxylation is 1. The number of thioether (sulfide) groups is 1. The molecule has 0 saturated heterocycles. The number of hydrogen-bond donors (Lipinski definition) is 3. The van der Waals surface area contributed by atoms with Crippen molar-refractivity contribution in [1.82, 2.24) is 5.32 Å². The third-order valence-corrected chi connectivity index (χ3v) is 4.70. The molecular weight excluding hydrogens is 322 g/mol. The fraction of sp³-hybridized carbons (Fsp3) is 0.556. The number of nitrogens with one attached hydrogen (secondary N) is 2. The van der Waals surface area contributed by atoms with Crippen LogP contribution in [0.15, 0.2) is 24.3 Å². The van der Waals surface area contributed by atoms with Gasteiger partial charge in [-0.15, -0.1) is 11.8 Å². The van der Waals surface area contributed by atoms with Crippen molar-refractivity contribution in [2.75, 3.05) is 17.6 Å². The summed E-state index contributed by atoms with van der Waals surface area (Å²) in [6, 6.07) is 7.61. The van der Waals surface area contributed by atoms with E-state index in [1.54, 1.807) is 0 Å². The van der Waals surface area contributed by atoms with Crippen LogP contribution in [-0.2, 0) is 9.59 Å². The summed E-state index contributed by atoms with van der Waals surface area (Å²) in [7, 11) is 0. The average Bonchev–Trinajstić information content (AvgIpc) is 2.53. The second-order valence-electron chi connectivity index (χ2n) is 6.44. The van der Waals surface area contributed by atoms with Crippen molar-refractivity contribution in [3.05, 3.63) is 29.8 Å². The molecule has 2 atom stereocenters. The minimum absolute atomic E-state index is 0.0121. The number of amides is 2. The van der Waals surface area contributed by atoms with Gasteiger partial charge < -0.3 is 16.4 Å². The fourth-order valence-electron chi connectivity index (χ4n) is 2.21. The molecule has 1 rings (SSSR count). The first kappa shape index (κ1) is 20.5. The van der Waals surface area contributed by atoms with Crippen molar-refractivity contribution < 1.29 is 9.59 Å². The highest BCUT2D eigenvalue weighted by Gasteiger charge is 2.19. The molecule has 0 radical (unpaired) electrons. The molecule has 6 heteroatoms. The van der Waals surface area contributed by atoms with Gasteiger partial charge in [0.2, 0.25) is 11.8 Å². The van der Waals surface area contributed by atoms with E-state index in [4.69, 9.17) is 5.73 Å². The highest BCUT2D eigenvalue weighted by atomic mass is 32.2. The zero-order chi connectivity index (χ0) is 18.1. The Balaban J connectivity index is 2.38. The molecule has 0 bridgehead atoms. The Labute approximate surface area is 149 Å². The van der Waals surface area contributed by atoms with Crippen LogP contribution < -0.4 is 16.4 Å². The molecule has 0 aromatic heterocycles. The Morgan fingerprint density at radius 3 is 2.33 bits per heavy atom. The number of anilines is 1. The average molecular weight is 352 g/mol. The van der Waals surface area contributed by atoms with Crippen LogP contribution in [0, 0.1) is 12.8 Å². The van der Waals surface area contributed by atoms with Crippen molar-refractivity contribution >= 4 is 29.3 Å². The van der Waals surface area contributed by atoms with Crippen LogP contribution in [0.2, 0.25) is 0 Å². The number of carbonyl (C=O) groups excluding carboxylic acids is 2. The van der Waals surface area contributed by atoms with E-state index in [1.807, 2.05) is 38.1 Å². The molecule has 24 heavy (non-hydrogen) atoms. The number of carbonyl (C=O) groups is 2. The molecule has 0 spiro atoms. The topological polar surface area (TPSA) is 84.2 Å². The molecule has 1 aromatic rings. The molecule has 134 valence electrons. The van der Waals surface area contributed by atoms with E-state index in [0.717, 1.165) is 17.7 Å². The summed E-state index contributed by atoms with van der Waals surface area (Å²) in [6.07, 6.45) is 0.855. The minimum atomic E-state index is -0.296. The lowest BCUT2D eigenvalue weighted by molar-refractivity contribution is -0.121. The van der Waals surface area contributed by atoms with Crippen molar-refractivity contribution in [3.63, 3.8) is 0 Å². The van der Waals surface area contributed by atoms with Gasteiger partial charge in [-0.3, -0.25) is 9.59 Å². The quantitative estimate of drug-likeness (QED) is 0.638. The molecule has 2 unspecified atom stereocenters. The van der Waals surface area contributed by atoms with Crippen LogP contribution in [-0.4, -0.2) is 35.4 Å². The Morgan fingerprint density at radius 2 is 1.79 bits per heavy atom. The van der Waals surface area contributed by atoms with E-state index >= 15 is 0 Å². The Hall–Kier alpha value is -1.53. The van der Waals surface area contributed by atoms with Gasteiger partial charge in [-0.05, 0) is 38.3 Å². The molecule has 0 aliphatic carbocycles. The summed E-state index contributed by atoms with van der Waals surface area (Å²) in [5, 5.41) is 5.49. The number of rotatable bonds is 9. The normalized spacial score (nSPS) is 13.4. The molecule has 0 heterocycles. The van der Waals surface area contributed by atoms with Crippen molar-refractivity contribution in [2.24, 2.45) is 11.7 Å². The lowest BCUT2D eigenvalue weighted by atomic mass is 10.0. The van der Waals surface area contributed by atoms with Crippen molar-refractivity contribution in [1.29, 1.82) is 0 Å². The zero-order valence-electron chi connectivity index (χ0n) is 15.0. The standard InChI is InChI=1S/C18H29N3O2S/c1-12(2)9-16(10-19)21-18(23)14(4)24-11-17(22)20-15-7-5-13(3)6-8-15/h5-8,12,14,16H,9-11,19H2,1-4H3,(H,20,22)(H,21,23). The van der Waals surface area contributed by atoms with Gasteiger partial charge in [-0.2, -0.15) is 0 Å². The number of benzene rings is 1. The first-order chi connectivity index (χ1) is 11.3. The minimum Gasteiger partial charge on any atom is -0.351 e. The van der Waals surface area contributed by atoms with E-state index in [0.29, 0.717) is 12.5 Å². The summed E-state index contributed by atoms with van der Waals surface area (Å²) in [5.74, 6) is 0.530. The zero-order valence-corrected chi connectivity index (χ0v) is 15.8. The molecule has 0 fully saturated rings. The molecule has 0 aliphatic rings. The summed E-state index contributed by atoms with van der Waals surface area (Å²) >= 11 is 1.32. The van der Waals surface area contributed by atoms with Gasteiger partial charge in [0.05, 0.1) is 11.0 Å². The van der Waals surface area contributed by atoms with E-state index in [9.17, 15) is 9.59 Å². The van der Waals surface area contributed by atoms with Crippen LogP contribution in [0.1, 0.15) is 32.8 Å². The Bertz CT molecular complexity index is 532. The van der Waals surface area contributed by atoms with Gasteiger partial charge >= 0.3 is 0 Å². The lowest BCUT2D eigenvalue weighted by Gasteiger charge is -2.21. The SMILES string of the molecule is Cc1ccc(NC(=O)CSC(C)C(=O)NC(CN)CC(C)C)cc1. The fourth-order valence-corrected chi connectivity index (χ4v) is 2.90. The molecular formula is C18H29N3O2S. The largest absolute Gasteiger partial charge is 0.351 e. The molecule has 5 nitrogen and oxygen atoms in total. The Morgan fingerprint density at radius 1 is 1.17 bits per heavy atom. The molecule has 2 amide bonds. The van der Waals surface area contributed by atoms with Gasteiger partial charge in [-0.25, -0.2) is 0 Å². The van der Waals surface area contributed by atoms with E-state index in [2.05, 4.69) is 24.5 Å². The third-order valence-electron chi connectivity index (χ3n) is 3.56. The van der Waals surface area contributed by atoms with Crippen molar-refractivity contribution in [2.45, 2.75) is 45.4 Å². The van der Waals surface area contributed by atoms with E-state index < -0.39 is 0 Å². The Kier molecular flexibility index (Phi) is 8.85. The van der Waals surface area contributed by atoms with E-state index in [-0.39, 0.29) is 28.9 Å². The first-order valence-electron chi connectivity index (χ1n) is 8.30. The van der Waals surface area contributed by atoms with E-state index in [1.165, 1.54) is 11.8 Å². The summed E-state index contributed by atoms with van der Waals surface area (Å²) in [6.45, 7) is 8.43. The molecule has 0 aliphatic heterocycles. The predicted molar refractivity (Wildman–Crippen MR) is 102 cm³/mol. The van der Waals surface area contributed by atoms with Crippen molar-refractivity contribution in [3.8, 4) is 0 Å². The monoisotopic (exact) mass is 351 g/mol. The van der Waals surface area contributed by atoms with Crippen LogP contribution in [0.4, 0.5) is 5.69 Å². The molecule has 0 saturated carbocycles. The third kappa shape index (κ3) is 7.84. The number of nitrogens with two attached hydrogens (primary N) is 1. The van der Waals surface area contributed by atoms with Crippen LogP contribution in [0.3, 0.4) is 0 Å². The smallest absolute Gasteiger partial charge is 0.234 e. The summed E-state index contributed by atoms with van der Waals surface area (Å²) in [4.78, 5) is 24.1. The van der Waals surface area contributed by atoms with Gasteiger partial charge in [0.1, 0.15) is 0 Å². The molecule has 1 aromatic carbocycles. The highest BCUT2D eigenvalue weighted by Crippen LogP contribution is 2.14.